The first-order valence-electron chi connectivity index (χ1n) is 5.18. The Labute approximate surface area is 102 Å². The molecule has 92 valence electrons. The average Bonchev–Trinajstić information content (AvgIpc) is 2.35. The molecule has 0 saturated carbocycles. The molecule has 0 aliphatic rings. The van der Waals surface area contributed by atoms with Gasteiger partial charge in [-0.3, -0.25) is 0 Å². The van der Waals surface area contributed by atoms with Gasteiger partial charge in [-0.05, 0) is 35.0 Å². The summed E-state index contributed by atoms with van der Waals surface area (Å²) < 4.78 is 5.04. The smallest absolute Gasteiger partial charge is 0.341 e. The van der Waals surface area contributed by atoms with Gasteiger partial charge in [-0.15, -0.1) is 0 Å². The molecular weight excluding hydrogens is 236 g/mol. The van der Waals surface area contributed by atoms with E-state index in [0.717, 1.165) is 10.8 Å². The monoisotopic (exact) mass is 246 g/mol. The van der Waals surface area contributed by atoms with E-state index < -0.39 is 18.5 Å². The number of aliphatic carboxylic acids is 1. The largest absolute Gasteiger partial charge is 0.482 e. The third kappa shape index (κ3) is 2.57. The highest BCUT2D eigenvalue weighted by atomic mass is 16.5. The maximum atomic E-state index is 10.8. The van der Waals surface area contributed by atoms with Crippen molar-refractivity contribution in [2.45, 2.75) is 0 Å². The number of fused-ring (bicyclic) bond motifs is 1. The molecule has 0 saturated heterocycles. The topological polar surface area (TPSA) is 83.8 Å². The van der Waals surface area contributed by atoms with Gasteiger partial charge < -0.3 is 14.9 Å². The summed E-state index contributed by atoms with van der Waals surface area (Å²) in [6.07, 6.45) is 0. The van der Waals surface area contributed by atoms with Crippen LogP contribution in [-0.4, -0.2) is 28.8 Å². The van der Waals surface area contributed by atoms with Crippen LogP contribution >= 0.6 is 0 Å². The lowest BCUT2D eigenvalue weighted by Crippen LogP contribution is -2.09. The Hall–Kier alpha value is -2.56. The Balaban J connectivity index is 2.32. The van der Waals surface area contributed by atoms with Crippen molar-refractivity contribution in [2.24, 2.45) is 0 Å². The van der Waals surface area contributed by atoms with Gasteiger partial charge in [0.05, 0.1) is 5.56 Å². The Kier molecular flexibility index (Phi) is 3.14. The van der Waals surface area contributed by atoms with Gasteiger partial charge in [0, 0.05) is 0 Å². The second-order valence-corrected chi connectivity index (χ2v) is 3.71. The minimum absolute atomic E-state index is 0.210. The summed E-state index contributed by atoms with van der Waals surface area (Å²) in [6, 6.07) is 9.68. The Morgan fingerprint density at radius 3 is 2.33 bits per heavy atom. The van der Waals surface area contributed by atoms with Crippen LogP contribution in [0.5, 0.6) is 5.75 Å². The molecule has 0 unspecified atom stereocenters. The zero-order valence-electron chi connectivity index (χ0n) is 9.29. The number of hydrogen-bond acceptors (Lipinski definition) is 3. The molecule has 5 nitrogen and oxygen atoms in total. The Bertz CT molecular complexity index is 618. The summed E-state index contributed by atoms with van der Waals surface area (Å²) in [5, 5.41) is 18.9. The summed E-state index contributed by atoms with van der Waals surface area (Å²) in [5.41, 5.74) is 0.210. The molecular formula is C13H10O5. The van der Waals surface area contributed by atoms with Gasteiger partial charge >= 0.3 is 11.9 Å². The highest BCUT2D eigenvalue weighted by Crippen LogP contribution is 2.22. The molecule has 0 radical (unpaired) electrons. The molecule has 0 aliphatic carbocycles. The molecule has 2 N–H and O–H groups in total. The number of aromatic carboxylic acids is 1. The van der Waals surface area contributed by atoms with Crippen molar-refractivity contribution in [3.63, 3.8) is 0 Å². The maximum absolute atomic E-state index is 10.8. The van der Waals surface area contributed by atoms with Crippen LogP contribution in [0.3, 0.4) is 0 Å². The van der Waals surface area contributed by atoms with E-state index in [2.05, 4.69) is 0 Å². The first-order chi connectivity index (χ1) is 8.56. The molecule has 0 aliphatic heterocycles. The molecule has 18 heavy (non-hydrogen) atoms. The van der Waals surface area contributed by atoms with Crippen molar-refractivity contribution in [2.75, 3.05) is 6.61 Å². The summed E-state index contributed by atoms with van der Waals surface area (Å²) >= 11 is 0. The van der Waals surface area contributed by atoms with E-state index in [4.69, 9.17) is 14.9 Å². The predicted octanol–water partition coefficient (Wildman–Crippen LogP) is 2.00. The minimum Gasteiger partial charge on any atom is -0.482 e. The fourth-order valence-corrected chi connectivity index (χ4v) is 1.59. The number of carboxylic acid groups (broad SMARTS) is 2. The number of hydrogen-bond donors (Lipinski definition) is 2. The highest BCUT2D eigenvalue weighted by molar-refractivity contribution is 5.94. The molecule has 0 bridgehead atoms. The number of carboxylic acids is 2. The van der Waals surface area contributed by atoms with Gasteiger partial charge in [-0.25, -0.2) is 9.59 Å². The van der Waals surface area contributed by atoms with Crippen LogP contribution in [0.25, 0.3) is 10.8 Å². The van der Waals surface area contributed by atoms with E-state index in [9.17, 15) is 9.59 Å². The van der Waals surface area contributed by atoms with Crippen LogP contribution in [0.1, 0.15) is 10.4 Å². The van der Waals surface area contributed by atoms with Crippen molar-refractivity contribution < 1.29 is 24.5 Å². The van der Waals surface area contributed by atoms with Crippen molar-refractivity contribution in [3.05, 3.63) is 42.0 Å². The second-order valence-electron chi connectivity index (χ2n) is 3.71. The third-order valence-corrected chi connectivity index (χ3v) is 2.42. The van der Waals surface area contributed by atoms with Crippen LogP contribution in [0, 0.1) is 0 Å². The van der Waals surface area contributed by atoms with Crippen molar-refractivity contribution >= 4 is 22.7 Å². The summed E-state index contributed by atoms with van der Waals surface area (Å²) in [6.45, 7) is -0.404. The fraction of sp³-hybridized carbons (Fsp3) is 0.0769. The van der Waals surface area contributed by atoms with E-state index >= 15 is 0 Å². The normalized spacial score (nSPS) is 10.2. The number of ether oxygens (including phenoxy) is 1. The third-order valence-electron chi connectivity index (χ3n) is 2.42. The first kappa shape index (κ1) is 11.9. The van der Waals surface area contributed by atoms with E-state index in [1.165, 1.54) is 6.07 Å². The number of rotatable bonds is 4. The minimum atomic E-state index is -1.05. The molecule has 2 aromatic rings. The summed E-state index contributed by atoms with van der Waals surface area (Å²) in [7, 11) is 0. The number of benzene rings is 2. The molecule has 5 heteroatoms. The fourth-order valence-electron chi connectivity index (χ4n) is 1.59. The van der Waals surface area contributed by atoms with Gasteiger partial charge in [0.1, 0.15) is 5.75 Å². The standard InChI is InChI=1S/C13H10O5/c14-12(15)7-18-11-4-3-8-5-10(13(16)17)2-1-9(8)6-11/h1-6H,7H2,(H,14,15)(H,16,17). The van der Waals surface area contributed by atoms with Gasteiger partial charge in [0.25, 0.3) is 0 Å². The van der Waals surface area contributed by atoms with Crippen LogP contribution < -0.4 is 4.74 Å². The van der Waals surface area contributed by atoms with Crippen LogP contribution in [0.2, 0.25) is 0 Å². The van der Waals surface area contributed by atoms with Crippen molar-refractivity contribution in [3.8, 4) is 5.75 Å². The second kappa shape index (κ2) is 4.75. The van der Waals surface area contributed by atoms with E-state index in [1.54, 1.807) is 30.3 Å². The molecule has 0 atom stereocenters. The van der Waals surface area contributed by atoms with Gasteiger partial charge in [-0.2, -0.15) is 0 Å². The maximum Gasteiger partial charge on any atom is 0.341 e. The molecule has 0 fully saturated rings. The molecule has 2 rings (SSSR count). The van der Waals surface area contributed by atoms with Crippen molar-refractivity contribution in [1.82, 2.24) is 0 Å². The van der Waals surface area contributed by atoms with Crippen LogP contribution in [-0.2, 0) is 4.79 Å². The lowest BCUT2D eigenvalue weighted by molar-refractivity contribution is -0.139. The summed E-state index contributed by atoms with van der Waals surface area (Å²) in [4.78, 5) is 21.2. The number of carbonyl (C=O) groups is 2. The van der Waals surface area contributed by atoms with E-state index in [-0.39, 0.29) is 5.56 Å². The van der Waals surface area contributed by atoms with E-state index in [0.29, 0.717) is 5.75 Å². The lowest BCUT2D eigenvalue weighted by Gasteiger charge is -2.05. The van der Waals surface area contributed by atoms with Gasteiger partial charge in [0.2, 0.25) is 0 Å². The predicted molar refractivity (Wildman–Crippen MR) is 64.0 cm³/mol. The quantitative estimate of drug-likeness (QED) is 0.861. The molecule has 0 aromatic heterocycles. The van der Waals surface area contributed by atoms with Crippen LogP contribution in [0.4, 0.5) is 0 Å². The molecule has 0 spiro atoms. The van der Waals surface area contributed by atoms with Gasteiger partial charge in [-0.1, -0.05) is 12.1 Å². The lowest BCUT2D eigenvalue weighted by atomic mass is 10.1. The Morgan fingerprint density at radius 1 is 1.00 bits per heavy atom. The molecule has 2 aromatic carbocycles. The zero-order chi connectivity index (χ0) is 13.1. The zero-order valence-corrected chi connectivity index (χ0v) is 9.29. The SMILES string of the molecule is O=C(O)COc1ccc2cc(C(=O)O)ccc2c1. The van der Waals surface area contributed by atoms with Gasteiger partial charge in [0.15, 0.2) is 6.61 Å². The first-order valence-corrected chi connectivity index (χ1v) is 5.18. The highest BCUT2D eigenvalue weighted by Gasteiger charge is 2.05. The van der Waals surface area contributed by atoms with Crippen molar-refractivity contribution in [1.29, 1.82) is 0 Å². The van der Waals surface area contributed by atoms with E-state index in [1.807, 2.05) is 0 Å². The Morgan fingerprint density at radius 2 is 1.67 bits per heavy atom. The molecule has 0 amide bonds. The summed E-state index contributed by atoms with van der Waals surface area (Å²) in [5.74, 6) is -1.59. The van der Waals surface area contributed by atoms with Crippen LogP contribution in [0.15, 0.2) is 36.4 Å². The average molecular weight is 246 g/mol. The molecule has 0 heterocycles.